The van der Waals surface area contributed by atoms with Gasteiger partial charge in [-0.1, -0.05) is 44.0 Å². The van der Waals surface area contributed by atoms with Crippen molar-refractivity contribution in [1.29, 1.82) is 0 Å². The van der Waals surface area contributed by atoms with Gasteiger partial charge in [0.2, 0.25) is 6.29 Å². The molecule has 1 nitrogen and oxygen atoms in total. The second-order valence-corrected chi connectivity index (χ2v) is 3.59. The molecule has 75 valence electrons. The Morgan fingerprint density at radius 1 is 1.07 bits per heavy atom. The molecule has 0 fully saturated rings. The maximum Gasteiger partial charge on any atom is 0.203 e. The number of hydrogen-bond acceptors (Lipinski definition) is 1. The summed E-state index contributed by atoms with van der Waals surface area (Å²) in [5.74, 6) is 0. The third-order valence-corrected chi connectivity index (χ3v) is 2.37. The van der Waals surface area contributed by atoms with E-state index in [1.54, 1.807) is 0 Å². The fourth-order valence-corrected chi connectivity index (χ4v) is 1.49. The highest BCUT2D eigenvalue weighted by Crippen LogP contribution is 2.08. The Hall–Kier alpha value is -1.11. The van der Waals surface area contributed by atoms with Crippen LogP contribution in [0.15, 0.2) is 24.3 Å². The molecule has 0 amide bonds. The van der Waals surface area contributed by atoms with E-state index in [0.717, 1.165) is 12.0 Å². The summed E-state index contributed by atoms with van der Waals surface area (Å²) in [4.78, 5) is 10.1. The van der Waals surface area contributed by atoms with E-state index in [0.29, 0.717) is 6.42 Å². The predicted octanol–water partition coefficient (Wildman–Crippen LogP) is 3.07. The summed E-state index contributed by atoms with van der Waals surface area (Å²) >= 11 is 0. The van der Waals surface area contributed by atoms with E-state index in [4.69, 9.17) is 0 Å². The Balaban J connectivity index is 2.42. The lowest BCUT2D eigenvalue weighted by Gasteiger charge is -2.01. The average molecular weight is 189 g/mol. The van der Waals surface area contributed by atoms with Gasteiger partial charge in [0.1, 0.15) is 0 Å². The van der Waals surface area contributed by atoms with Gasteiger partial charge in [-0.15, -0.1) is 0 Å². The van der Waals surface area contributed by atoms with Crippen LogP contribution in [0, 0.1) is 0 Å². The molecule has 0 unspecified atom stereocenters. The van der Waals surface area contributed by atoms with Crippen LogP contribution in [-0.2, 0) is 17.6 Å². The van der Waals surface area contributed by atoms with Crippen molar-refractivity contribution in [3.05, 3.63) is 35.4 Å². The van der Waals surface area contributed by atoms with Gasteiger partial charge in [-0.3, -0.25) is 4.79 Å². The van der Waals surface area contributed by atoms with Gasteiger partial charge in [0.05, 0.1) is 0 Å². The van der Waals surface area contributed by atoms with Gasteiger partial charge in [0.25, 0.3) is 0 Å². The van der Waals surface area contributed by atoms with E-state index in [1.165, 1.54) is 24.8 Å². The Morgan fingerprint density at radius 2 is 1.71 bits per heavy atom. The number of hydrogen-bond donors (Lipinski definition) is 0. The van der Waals surface area contributed by atoms with Crippen LogP contribution < -0.4 is 0 Å². The van der Waals surface area contributed by atoms with Crippen molar-refractivity contribution in [2.75, 3.05) is 0 Å². The zero-order valence-corrected chi connectivity index (χ0v) is 8.75. The molecule has 1 heteroatoms. The summed E-state index contributed by atoms with van der Waals surface area (Å²) in [6.07, 6.45) is 7.29. The first-order valence-corrected chi connectivity index (χ1v) is 5.29. The van der Waals surface area contributed by atoms with Crippen molar-refractivity contribution < 1.29 is 4.79 Å². The topological polar surface area (TPSA) is 17.1 Å². The largest absolute Gasteiger partial charge is 0.291 e. The third kappa shape index (κ3) is 3.73. The van der Waals surface area contributed by atoms with Crippen LogP contribution in [0.4, 0.5) is 0 Å². The number of rotatable bonds is 6. The second-order valence-electron chi connectivity index (χ2n) is 3.59. The van der Waals surface area contributed by atoms with Gasteiger partial charge in [-0.05, 0) is 24.0 Å². The summed E-state index contributed by atoms with van der Waals surface area (Å²) in [7, 11) is 0. The summed E-state index contributed by atoms with van der Waals surface area (Å²) < 4.78 is 0. The zero-order chi connectivity index (χ0) is 10.2. The molecule has 14 heavy (non-hydrogen) atoms. The van der Waals surface area contributed by atoms with Gasteiger partial charge in [-0.25, -0.2) is 0 Å². The third-order valence-electron chi connectivity index (χ3n) is 2.37. The molecular weight excluding hydrogens is 172 g/mol. The first-order valence-electron chi connectivity index (χ1n) is 5.29. The quantitative estimate of drug-likeness (QED) is 0.628. The Labute approximate surface area is 86.1 Å². The van der Waals surface area contributed by atoms with Crippen molar-refractivity contribution >= 4 is 6.29 Å². The van der Waals surface area contributed by atoms with Crippen molar-refractivity contribution in [1.82, 2.24) is 0 Å². The fourth-order valence-electron chi connectivity index (χ4n) is 1.49. The van der Waals surface area contributed by atoms with Crippen LogP contribution in [-0.4, -0.2) is 6.29 Å². The molecule has 0 spiro atoms. The molecule has 0 heterocycles. The minimum absolute atomic E-state index is 0.412. The van der Waals surface area contributed by atoms with Crippen LogP contribution in [0.2, 0.25) is 0 Å². The van der Waals surface area contributed by atoms with Gasteiger partial charge in [0.15, 0.2) is 0 Å². The first kappa shape index (κ1) is 11.0. The van der Waals surface area contributed by atoms with E-state index >= 15 is 0 Å². The highest BCUT2D eigenvalue weighted by Gasteiger charge is 1.94. The molecule has 0 aliphatic rings. The molecule has 0 atom stereocenters. The highest BCUT2D eigenvalue weighted by molar-refractivity contribution is 5.55. The molecular formula is C13H17O. The van der Waals surface area contributed by atoms with Crippen LogP contribution in [0.1, 0.15) is 37.3 Å². The number of carbonyl (C=O) groups excluding carboxylic acids is 1. The van der Waals surface area contributed by atoms with Crippen LogP contribution in [0.25, 0.3) is 0 Å². The van der Waals surface area contributed by atoms with Crippen LogP contribution >= 0.6 is 0 Å². The van der Waals surface area contributed by atoms with Crippen molar-refractivity contribution in [2.45, 2.75) is 39.0 Å². The van der Waals surface area contributed by atoms with E-state index in [2.05, 4.69) is 19.1 Å². The maximum atomic E-state index is 10.1. The van der Waals surface area contributed by atoms with Gasteiger partial charge in [-0.2, -0.15) is 0 Å². The minimum Gasteiger partial charge on any atom is -0.291 e. The number of benzene rings is 1. The van der Waals surface area contributed by atoms with Crippen molar-refractivity contribution in [3.8, 4) is 0 Å². The lowest BCUT2D eigenvalue weighted by Crippen LogP contribution is -1.88. The lowest BCUT2D eigenvalue weighted by molar-refractivity contribution is 0.555. The molecule has 0 saturated carbocycles. The Bertz CT molecular complexity index is 261. The Morgan fingerprint density at radius 3 is 2.29 bits per heavy atom. The zero-order valence-electron chi connectivity index (χ0n) is 8.75. The van der Waals surface area contributed by atoms with E-state index < -0.39 is 0 Å². The average Bonchev–Trinajstić information content (AvgIpc) is 2.21. The molecule has 1 radical (unpaired) electrons. The molecule has 0 aliphatic carbocycles. The van der Waals surface area contributed by atoms with Gasteiger partial charge >= 0.3 is 0 Å². The molecule has 0 aromatic heterocycles. The van der Waals surface area contributed by atoms with E-state index in [-0.39, 0.29) is 0 Å². The summed E-state index contributed by atoms with van der Waals surface area (Å²) in [6.45, 7) is 2.21. The summed E-state index contributed by atoms with van der Waals surface area (Å²) in [6, 6.07) is 8.27. The molecule has 0 aliphatic heterocycles. The molecule has 0 bridgehead atoms. The van der Waals surface area contributed by atoms with E-state index in [9.17, 15) is 4.79 Å². The highest BCUT2D eigenvalue weighted by atomic mass is 16.1. The summed E-state index contributed by atoms with van der Waals surface area (Å²) in [5.41, 5.74) is 2.42. The maximum absolute atomic E-state index is 10.1. The summed E-state index contributed by atoms with van der Waals surface area (Å²) in [5, 5.41) is 0. The molecule has 0 N–H and O–H groups in total. The second kappa shape index (κ2) is 6.36. The SMILES string of the molecule is CCCCCc1ccc(C[C]=O)cc1. The lowest BCUT2D eigenvalue weighted by atomic mass is 10.0. The monoisotopic (exact) mass is 189 g/mol. The smallest absolute Gasteiger partial charge is 0.203 e. The molecule has 0 saturated heterocycles. The fraction of sp³-hybridized carbons (Fsp3) is 0.462. The van der Waals surface area contributed by atoms with Crippen molar-refractivity contribution in [3.63, 3.8) is 0 Å². The molecule has 1 aromatic carbocycles. The minimum atomic E-state index is 0.412. The van der Waals surface area contributed by atoms with Gasteiger partial charge in [0, 0.05) is 6.42 Å². The van der Waals surface area contributed by atoms with Gasteiger partial charge < -0.3 is 0 Å². The number of aryl methyl sites for hydroxylation is 1. The van der Waals surface area contributed by atoms with Crippen LogP contribution in [0.5, 0.6) is 0 Å². The van der Waals surface area contributed by atoms with Crippen LogP contribution in [0.3, 0.4) is 0 Å². The number of unbranched alkanes of at least 4 members (excludes halogenated alkanes) is 2. The van der Waals surface area contributed by atoms with Crippen molar-refractivity contribution in [2.24, 2.45) is 0 Å². The first-order chi connectivity index (χ1) is 6.86. The Kier molecular flexibility index (Phi) is 4.98. The standard InChI is InChI=1S/C13H17O/c1-2-3-4-5-12-6-8-13(9-7-12)10-11-14/h6-9H,2-5,10H2,1H3. The van der Waals surface area contributed by atoms with E-state index in [1.807, 2.05) is 18.4 Å². The molecule has 1 rings (SSSR count). The predicted molar refractivity (Wildman–Crippen MR) is 59.1 cm³/mol. The normalized spacial score (nSPS) is 10.1. The molecule has 1 aromatic rings.